The lowest BCUT2D eigenvalue weighted by Gasteiger charge is -2.36. The minimum atomic E-state index is -0.139. The summed E-state index contributed by atoms with van der Waals surface area (Å²) in [6.45, 7) is 12.4. The minimum absolute atomic E-state index is 0. The standard InChI is InChI=1S/C41H84N3O6.3BrH/c1-9-12-15-18-21-24-33-48-39(45)36-42(4,5)29-27-31-44(8,38-41(47)50-35-26-23-20-17-14-11-3)32-28-30-43(6,7)37-40(46)49-34-25-22-19-16-13-10-2;;;/h9-38H2,1-8H3;3*1H/q+3;;;/p-3. The molecule has 0 atom stereocenters. The third kappa shape index (κ3) is 38.4. The van der Waals surface area contributed by atoms with E-state index in [1.165, 1.54) is 77.0 Å². The average Bonchev–Trinajstić information content (AvgIpc) is 3.02. The molecule has 12 heteroatoms. The van der Waals surface area contributed by atoms with Crippen molar-refractivity contribution in [3.8, 4) is 0 Å². The monoisotopic (exact) mass is 951 g/mol. The number of quaternary nitrogens is 3. The average molecular weight is 955 g/mol. The van der Waals surface area contributed by atoms with Gasteiger partial charge in [-0.05, 0) is 19.3 Å². The van der Waals surface area contributed by atoms with Crippen LogP contribution >= 0.6 is 0 Å². The van der Waals surface area contributed by atoms with Crippen molar-refractivity contribution < 1.29 is 93.0 Å². The number of carbonyl (C=O) groups excluding carboxylic acids is 3. The van der Waals surface area contributed by atoms with Crippen molar-refractivity contribution in [2.75, 3.05) is 101 Å². The minimum Gasteiger partial charge on any atom is -1.00 e. The van der Waals surface area contributed by atoms with Gasteiger partial charge in [-0.2, -0.15) is 0 Å². The van der Waals surface area contributed by atoms with Gasteiger partial charge >= 0.3 is 17.9 Å². The molecule has 0 aromatic heterocycles. The first-order valence-corrected chi connectivity index (χ1v) is 20.7. The molecular weight excluding hydrogens is 870 g/mol. The van der Waals surface area contributed by atoms with Crippen LogP contribution in [0.2, 0.25) is 0 Å². The van der Waals surface area contributed by atoms with Crippen molar-refractivity contribution in [3.05, 3.63) is 0 Å². The lowest BCUT2D eigenvalue weighted by molar-refractivity contribution is -0.921. The number of carbonyl (C=O) groups is 3. The molecule has 0 N–H and O–H groups in total. The van der Waals surface area contributed by atoms with Crippen molar-refractivity contribution in [3.63, 3.8) is 0 Å². The van der Waals surface area contributed by atoms with Gasteiger partial charge in [0.2, 0.25) is 0 Å². The molecule has 0 bridgehead atoms. The van der Waals surface area contributed by atoms with Crippen LogP contribution in [-0.4, -0.2) is 132 Å². The fraction of sp³-hybridized carbons (Fsp3) is 0.927. The van der Waals surface area contributed by atoms with Crippen LogP contribution in [0.1, 0.15) is 149 Å². The van der Waals surface area contributed by atoms with E-state index < -0.39 is 0 Å². The summed E-state index contributed by atoms with van der Waals surface area (Å²) in [5, 5.41) is 0. The zero-order chi connectivity index (χ0) is 37.6. The summed E-state index contributed by atoms with van der Waals surface area (Å²) in [6, 6.07) is 0. The normalized spacial score (nSPS) is 11.5. The van der Waals surface area contributed by atoms with Gasteiger partial charge < -0.3 is 78.6 Å². The number of hydrogen-bond donors (Lipinski definition) is 0. The summed E-state index contributed by atoms with van der Waals surface area (Å²) in [6.07, 6.45) is 22.7. The molecule has 0 aliphatic carbocycles. The summed E-state index contributed by atoms with van der Waals surface area (Å²) in [5.74, 6) is -0.408. The largest absolute Gasteiger partial charge is 1.00 e. The second-order valence-corrected chi connectivity index (χ2v) is 16.5. The molecule has 0 fully saturated rings. The molecular formula is C41H84Br3N3O6. The van der Waals surface area contributed by atoms with Gasteiger partial charge in [0.15, 0.2) is 19.6 Å². The van der Waals surface area contributed by atoms with Gasteiger partial charge in [-0.3, -0.25) is 0 Å². The molecule has 0 spiro atoms. The molecule has 0 aromatic rings. The molecule has 9 nitrogen and oxygen atoms in total. The molecule has 0 aromatic carbocycles. The highest BCUT2D eigenvalue weighted by molar-refractivity contribution is 5.71. The van der Waals surface area contributed by atoms with Gasteiger partial charge in [0.05, 0.1) is 81.2 Å². The van der Waals surface area contributed by atoms with Crippen molar-refractivity contribution in [2.24, 2.45) is 0 Å². The molecule has 320 valence electrons. The van der Waals surface area contributed by atoms with E-state index in [2.05, 4.69) is 56.0 Å². The van der Waals surface area contributed by atoms with E-state index in [0.29, 0.717) is 52.9 Å². The summed E-state index contributed by atoms with van der Waals surface area (Å²) < 4.78 is 18.5. The predicted molar refractivity (Wildman–Crippen MR) is 207 cm³/mol. The van der Waals surface area contributed by atoms with Gasteiger partial charge in [-0.25, -0.2) is 14.4 Å². The molecule has 0 radical (unpaired) electrons. The van der Waals surface area contributed by atoms with Crippen LogP contribution in [-0.2, 0) is 28.6 Å². The first kappa shape index (κ1) is 59.4. The first-order chi connectivity index (χ1) is 23.8. The van der Waals surface area contributed by atoms with E-state index in [1.54, 1.807) is 0 Å². The molecule has 0 amide bonds. The number of rotatable bonds is 35. The van der Waals surface area contributed by atoms with Crippen LogP contribution < -0.4 is 50.9 Å². The number of halogens is 3. The van der Waals surface area contributed by atoms with Crippen molar-refractivity contribution in [1.29, 1.82) is 0 Å². The lowest BCUT2D eigenvalue weighted by Crippen LogP contribution is -3.00. The number of nitrogens with zero attached hydrogens (tertiary/aromatic N) is 3. The van der Waals surface area contributed by atoms with E-state index in [-0.39, 0.29) is 68.9 Å². The van der Waals surface area contributed by atoms with Crippen LogP contribution in [0.4, 0.5) is 0 Å². The van der Waals surface area contributed by atoms with Crippen molar-refractivity contribution >= 4 is 17.9 Å². The Kier molecular flexibility index (Phi) is 41.8. The van der Waals surface area contributed by atoms with Crippen molar-refractivity contribution in [2.45, 2.75) is 149 Å². The Morgan fingerprint density at radius 3 is 0.925 bits per heavy atom. The van der Waals surface area contributed by atoms with Crippen LogP contribution in [0.5, 0.6) is 0 Å². The number of likely N-dealkylation sites (N-methyl/N-ethyl adjacent to an activating group) is 3. The van der Waals surface area contributed by atoms with Gasteiger partial charge in [0, 0.05) is 12.8 Å². The van der Waals surface area contributed by atoms with E-state index >= 15 is 0 Å². The molecule has 0 aliphatic heterocycles. The Hall–Kier alpha value is -0.270. The van der Waals surface area contributed by atoms with Crippen LogP contribution in [0, 0.1) is 0 Å². The Labute approximate surface area is 359 Å². The van der Waals surface area contributed by atoms with E-state index in [0.717, 1.165) is 77.5 Å². The Morgan fingerprint density at radius 1 is 0.358 bits per heavy atom. The Morgan fingerprint density at radius 2 is 0.623 bits per heavy atom. The summed E-state index contributed by atoms with van der Waals surface area (Å²) in [4.78, 5) is 38.2. The second-order valence-electron chi connectivity index (χ2n) is 16.5. The number of unbranched alkanes of at least 4 members (excludes halogenated alkanes) is 15. The third-order valence-corrected chi connectivity index (χ3v) is 9.83. The fourth-order valence-corrected chi connectivity index (χ4v) is 6.54. The maximum atomic E-state index is 13.0. The first-order valence-electron chi connectivity index (χ1n) is 20.7. The molecule has 0 heterocycles. The summed E-state index contributed by atoms with van der Waals surface area (Å²) >= 11 is 0. The summed E-state index contributed by atoms with van der Waals surface area (Å²) in [5.41, 5.74) is 0. The predicted octanol–water partition coefficient (Wildman–Crippen LogP) is -0.911. The van der Waals surface area contributed by atoms with Crippen molar-refractivity contribution in [1.82, 2.24) is 0 Å². The zero-order valence-electron chi connectivity index (χ0n) is 35.6. The van der Waals surface area contributed by atoms with E-state index in [4.69, 9.17) is 14.2 Å². The van der Waals surface area contributed by atoms with E-state index in [1.807, 2.05) is 0 Å². The third-order valence-electron chi connectivity index (χ3n) is 9.83. The zero-order valence-corrected chi connectivity index (χ0v) is 40.4. The topological polar surface area (TPSA) is 78.9 Å². The summed E-state index contributed by atoms with van der Waals surface area (Å²) in [7, 11) is 10.5. The SMILES string of the molecule is CCCCCCCCOC(=O)C[N+](C)(C)CCC[N+](C)(CCC[N+](C)(C)CC(=O)OCCCCCCCC)CC(=O)OCCCCCCCC.[Br-].[Br-].[Br-]. The second kappa shape index (κ2) is 37.3. The van der Waals surface area contributed by atoms with E-state index in [9.17, 15) is 14.4 Å². The Balaban J connectivity index is -0.00000400. The number of ether oxygens (including phenoxy) is 3. The maximum absolute atomic E-state index is 13.0. The number of esters is 3. The molecule has 0 rings (SSSR count). The van der Waals surface area contributed by atoms with Crippen LogP contribution in [0.3, 0.4) is 0 Å². The highest BCUT2D eigenvalue weighted by Crippen LogP contribution is 2.13. The Bertz CT molecular complexity index is 830. The van der Waals surface area contributed by atoms with Crippen LogP contribution in [0.25, 0.3) is 0 Å². The van der Waals surface area contributed by atoms with Gasteiger partial charge in [-0.15, -0.1) is 0 Å². The molecule has 53 heavy (non-hydrogen) atoms. The molecule has 0 saturated heterocycles. The molecule has 0 aliphatic rings. The molecule has 0 unspecified atom stereocenters. The quantitative estimate of drug-likeness (QED) is 0.0355. The highest BCUT2D eigenvalue weighted by Gasteiger charge is 2.30. The number of hydrogen-bond acceptors (Lipinski definition) is 6. The molecule has 0 saturated carbocycles. The van der Waals surface area contributed by atoms with Gasteiger partial charge in [-0.1, -0.05) is 117 Å². The highest BCUT2D eigenvalue weighted by atomic mass is 79.9. The maximum Gasteiger partial charge on any atom is 0.361 e. The smallest absolute Gasteiger partial charge is 0.361 e. The van der Waals surface area contributed by atoms with Gasteiger partial charge in [0.1, 0.15) is 0 Å². The lowest BCUT2D eigenvalue weighted by atomic mass is 10.1. The van der Waals surface area contributed by atoms with Crippen LogP contribution in [0.15, 0.2) is 0 Å². The fourth-order valence-electron chi connectivity index (χ4n) is 6.54. The van der Waals surface area contributed by atoms with Gasteiger partial charge in [0.25, 0.3) is 0 Å².